The molecule has 0 aromatic heterocycles. The van der Waals surface area contributed by atoms with Crippen molar-refractivity contribution in [2.75, 3.05) is 26.2 Å². The lowest BCUT2D eigenvalue weighted by Crippen LogP contribution is -2.65. The second-order valence-electron chi connectivity index (χ2n) is 4.81. The Bertz CT molecular complexity index is 343. The average molecular weight is 248 g/mol. The fourth-order valence-electron chi connectivity index (χ4n) is 2.26. The molecule has 2 fully saturated rings. The first-order valence-electron chi connectivity index (χ1n) is 5.95. The predicted octanol–water partition coefficient (Wildman–Crippen LogP) is 0.174. The number of nitrogens with zero attached hydrogens (tertiary/aromatic N) is 2. The molecule has 6 heteroatoms. The zero-order valence-corrected chi connectivity index (χ0v) is 10.5. The molecule has 1 N–H and O–H groups in total. The van der Waals surface area contributed by atoms with Crippen LogP contribution in [0.5, 0.6) is 0 Å². The molecular formula is C10H20N2O3S. The van der Waals surface area contributed by atoms with Crippen LogP contribution < -0.4 is 0 Å². The van der Waals surface area contributed by atoms with Gasteiger partial charge in [0.2, 0.25) is 0 Å². The normalized spacial score (nSPS) is 27.6. The van der Waals surface area contributed by atoms with E-state index in [-0.39, 0.29) is 13.1 Å². The van der Waals surface area contributed by atoms with Crippen molar-refractivity contribution in [1.29, 1.82) is 0 Å². The second-order valence-corrected chi connectivity index (χ2v) is 6.74. The zero-order chi connectivity index (χ0) is 11.8. The molecule has 0 radical (unpaired) electrons. The van der Waals surface area contributed by atoms with E-state index in [1.165, 1.54) is 4.31 Å². The van der Waals surface area contributed by atoms with Crippen LogP contribution in [-0.4, -0.2) is 53.9 Å². The first kappa shape index (κ1) is 12.3. The predicted molar refractivity (Wildman–Crippen MR) is 61.2 cm³/mol. The van der Waals surface area contributed by atoms with Crippen molar-refractivity contribution >= 4 is 10.2 Å². The number of rotatable bonds is 3. The molecule has 5 nitrogen and oxygen atoms in total. The molecule has 0 spiro atoms. The van der Waals surface area contributed by atoms with Crippen molar-refractivity contribution < 1.29 is 13.5 Å². The molecule has 2 aliphatic rings. The van der Waals surface area contributed by atoms with Gasteiger partial charge in [0.05, 0.1) is 5.60 Å². The fraction of sp³-hybridized carbons (Fsp3) is 1.00. The summed E-state index contributed by atoms with van der Waals surface area (Å²) >= 11 is 0. The molecule has 0 atom stereocenters. The summed E-state index contributed by atoms with van der Waals surface area (Å²) in [6, 6.07) is 0. The average Bonchev–Trinajstić information content (AvgIpc) is 2.26. The first-order valence-corrected chi connectivity index (χ1v) is 7.35. The van der Waals surface area contributed by atoms with Crippen LogP contribution in [0, 0.1) is 0 Å². The van der Waals surface area contributed by atoms with Gasteiger partial charge in [-0.15, -0.1) is 0 Å². The Morgan fingerprint density at radius 3 is 2.19 bits per heavy atom. The summed E-state index contributed by atoms with van der Waals surface area (Å²) in [4.78, 5) is 0. The van der Waals surface area contributed by atoms with Crippen LogP contribution in [0.2, 0.25) is 0 Å². The molecule has 2 heterocycles. The lowest BCUT2D eigenvalue weighted by Gasteiger charge is -2.46. The molecule has 0 bridgehead atoms. The second kappa shape index (κ2) is 4.25. The van der Waals surface area contributed by atoms with Gasteiger partial charge in [0, 0.05) is 26.2 Å². The minimum atomic E-state index is -3.30. The molecule has 2 saturated heterocycles. The maximum absolute atomic E-state index is 12.1. The van der Waals surface area contributed by atoms with Gasteiger partial charge < -0.3 is 5.11 Å². The van der Waals surface area contributed by atoms with E-state index in [0.29, 0.717) is 19.5 Å². The summed E-state index contributed by atoms with van der Waals surface area (Å²) < 4.78 is 27.2. The standard InChI is InChI=1S/C10H20N2O3S/c1-2-10(13)8-12(9-10)16(14,15)11-6-4-3-5-7-11/h13H,2-9H2,1H3. The zero-order valence-electron chi connectivity index (χ0n) is 9.72. The topological polar surface area (TPSA) is 60.9 Å². The third-order valence-electron chi connectivity index (χ3n) is 3.57. The third-order valence-corrected chi connectivity index (χ3v) is 5.50. The third kappa shape index (κ3) is 2.11. The maximum Gasteiger partial charge on any atom is 0.282 e. The molecule has 0 amide bonds. The van der Waals surface area contributed by atoms with Crippen LogP contribution in [0.3, 0.4) is 0 Å². The van der Waals surface area contributed by atoms with E-state index in [0.717, 1.165) is 19.3 Å². The fourth-order valence-corrected chi connectivity index (χ4v) is 4.11. The molecule has 0 aromatic rings. The quantitative estimate of drug-likeness (QED) is 0.774. The van der Waals surface area contributed by atoms with E-state index >= 15 is 0 Å². The van der Waals surface area contributed by atoms with Crippen molar-refractivity contribution in [2.24, 2.45) is 0 Å². The van der Waals surface area contributed by atoms with E-state index in [1.54, 1.807) is 4.31 Å². The molecule has 94 valence electrons. The molecule has 0 aromatic carbocycles. The summed E-state index contributed by atoms with van der Waals surface area (Å²) in [7, 11) is -3.30. The van der Waals surface area contributed by atoms with Crippen molar-refractivity contribution in [1.82, 2.24) is 8.61 Å². The summed E-state index contributed by atoms with van der Waals surface area (Å²) in [5.41, 5.74) is -0.789. The SMILES string of the molecule is CCC1(O)CN(S(=O)(=O)N2CCCCC2)C1. The summed E-state index contributed by atoms with van der Waals surface area (Å²) in [6.07, 6.45) is 3.63. The van der Waals surface area contributed by atoms with E-state index < -0.39 is 15.8 Å². The van der Waals surface area contributed by atoms with Gasteiger partial charge in [-0.25, -0.2) is 0 Å². The minimum Gasteiger partial charge on any atom is -0.387 e. The Morgan fingerprint density at radius 2 is 1.69 bits per heavy atom. The van der Waals surface area contributed by atoms with Crippen LogP contribution >= 0.6 is 0 Å². The molecular weight excluding hydrogens is 228 g/mol. The molecule has 16 heavy (non-hydrogen) atoms. The van der Waals surface area contributed by atoms with Crippen LogP contribution in [0.4, 0.5) is 0 Å². The summed E-state index contributed by atoms with van der Waals surface area (Å²) in [6.45, 7) is 3.64. The van der Waals surface area contributed by atoms with Crippen molar-refractivity contribution in [3.05, 3.63) is 0 Å². The summed E-state index contributed by atoms with van der Waals surface area (Å²) in [5.74, 6) is 0. The van der Waals surface area contributed by atoms with Crippen LogP contribution in [-0.2, 0) is 10.2 Å². The number of β-amino-alcohol motifs (C(OH)–C–C–N with tert-alkyl or cyclic N) is 1. The first-order chi connectivity index (χ1) is 7.48. The van der Waals surface area contributed by atoms with Gasteiger partial charge in [-0.2, -0.15) is 17.0 Å². The Hall–Kier alpha value is -0.170. The monoisotopic (exact) mass is 248 g/mol. The Labute approximate surface area is 97.2 Å². The number of piperidine rings is 1. The Morgan fingerprint density at radius 1 is 1.12 bits per heavy atom. The highest BCUT2D eigenvalue weighted by Gasteiger charge is 2.47. The van der Waals surface area contributed by atoms with Gasteiger partial charge in [0.15, 0.2) is 0 Å². The van der Waals surface area contributed by atoms with E-state index in [2.05, 4.69) is 0 Å². The summed E-state index contributed by atoms with van der Waals surface area (Å²) in [5, 5.41) is 9.83. The van der Waals surface area contributed by atoms with Gasteiger partial charge in [-0.05, 0) is 19.3 Å². The van der Waals surface area contributed by atoms with Gasteiger partial charge in [0.1, 0.15) is 0 Å². The van der Waals surface area contributed by atoms with E-state index in [1.807, 2.05) is 6.92 Å². The largest absolute Gasteiger partial charge is 0.387 e. The molecule has 2 aliphatic heterocycles. The molecule has 0 saturated carbocycles. The Kier molecular flexibility index (Phi) is 3.27. The van der Waals surface area contributed by atoms with Crippen LogP contribution in [0.15, 0.2) is 0 Å². The minimum absolute atomic E-state index is 0.252. The Balaban J connectivity index is 1.99. The van der Waals surface area contributed by atoms with Gasteiger partial charge in [-0.1, -0.05) is 13.3 Å². The number of hydrogen-bond acceptors (Lipinski definition) is 3. The van der Waals surface area contributed by atoms with Crippen molar-refractivity contribution in [2.45, 2.75) is 38.2 Å². The molecule has 2 rings (SSSR count). The number of aliphatic hydroxyl groups is 1. The molecule has 0 aliphatic carbocycles. The maximum atomic E-state index is 12.1. The van der Waals surface area contributed by atoms with Gasteiger partial charge in [-0.3, -0.25) is 0 Å². The lowest BCUT2D eigenvalue weighted by molar-refractivity contribution is -0.0637. The van der Waals surface area contributed by atoms with Crippen LogP contribution in [0.1, 0.15) is 32.6 Å². The van der Waals surface area contributed by atoms with E-state index in [9.17, 15) is 13.5 Å². The highest BCUT2D eigenvalue weighted by molar-refractivity contribution is 7.86. The van der Waals surface area contributed by atoms with Crippen molar-refractivity contribution in [3.8, 4) is 0 Å². The highest BCUT2D eigenvalue weighted by atomic mass is 32.2. The smallest absolute Gasteiger partial charge is 0.282 e. The van der Waals surface area contributed by atoms with Gasteiger partial charge in [0.25, 0.3) is 10.2 Å². The molecule has 0 unspecified atom stereocenters. The lowest BCUT2D eigenvalue weighted by atomic mass is 9.94. The van der Waals surface area contributed by atoms with Gasteiger partial charge >= 0.3 is 0 Å². The van der Waals surface area contributed by atoms with Crippen LogP contribution in [0.25, 0.3) is 0 Å². The van der Waals surface area contributed by atoms with Crippen molar-refractivity contribution in [3.63, 3.8) is 0 Å². The highest BCUT2D eigenvalue weighted by Crippen LogP contribution is 2.29. The van der Waals surface area contributed by atoms with E-state index in [4.69, 9.17) is 0 Å². The number of hydrogen-bond donors (Lipinski definition) is 1.